The van der Waals surface area contributed by atoms with Crippen LogP contribution in [0.15, 0.2) is 22.3 Å². The molecule has 0 bridgehead atoms. The molecule has 10 nitrogen and oxygen atoms in total. The molecule has 0 fully saturated rings. The van der Waals surface area contributed by atoms with E-state index >= 15 is 0 Å². The summed E-state index contributed by atoms with van der Waals surface area (Å²) in [7, 11) is 1.91. The fourth-order valence-electron chi connectivity index (χ4n) is 2.73. The Morgan fingerprint density at radius 1 is 1.40 bits per heavy atom. The summed E-state index contributed by atoms with van der Waals surface area (Å²) in [5.41, 5.74) is 14.8. The third kappa shape index (κ3) is 4.44. The summed E-state index contributed by atoms with van der Waals surface area (Å²) in [6, 6.07) is 0. The molecule has 30 heavy (non-hydrogen) atoms. The van der Waals surface area contributed by atoms with Gasteiger partial charge in [-0.25, -0.2) is 15.0 Å². The van der Waals surface area contributed by atoms with Crippen LogP contribution < -0.4 is 11.5 Å². The third-order valence-corrected chi connectivity index (χ3v) is 6.29. The minimum absolute atomic E-state index is 0.123. The van der Waals surface area contributed by atoms with E-state index in [2.05, 4.69) is 15.1 Å². The lowest BCUT2D eigenvalue weighted by Gasteiger charge is -2.08. The number of nitrogens with zero attached hydrogens (tertiary/aromatic N) is 5. The first kappa shape index (κ1) is 21.3. The van der Waals surface area contributed by atoms with Crippen molar-refractivity contribution < 1.29 is 9.59 Å². The van der Waals surface area contributed by atoms with Crippen molar-refractivity contribution in [3.05, 3.63) is 44.1 Å². The van der Waals surface area contributed by atoms with E-state index < -0.39 is 5.91 Å². The summed E-state index contributed by atoms with van der Waals surface area (Å²) < 4.78 is 2.89. The van der Waals surface area contributed by atoms with Gasteiger partial charge in [-0.15, -0.1) is 22.7 Å². The van der Waals surface area contributed by atoms with E-state index in [0.29, 0.717) is 24.2 Å². The average molecular weight is 445 g/mol. The first-order valence-electron chi connectivity index (χ1n) is 8.74. The van der Waals surface area contributed by atoms with E-state index in [1.54, 1.807) is 11.6 Å². The molecule has 0 aliphatic rings. The van der Waals surface area contributed by atoms with Crippen LogP contribution in [0, 0.1) is 12.3 Å². The zero-order valence-corrected chi connectivity index (χ0v) is 18.0. The zero-order valence-electron chi connectivity index (χ0n) is 16.3. The Labute approximate surface area is 180 Å². The Morgan fingerprint density at radius 3 is 2.80 bits per heavy atom. The molecular formula is C18H20N8O2S2. The number of thiazole rings is 2. The van der Waals surface area contributed by atoms with Gasteiger partial charge in [-0.3, -0.25) is 9.59 Å². The summed E-state index contributed by atoms with van der Waals surface area (Å²) >= 11 is 2.62. The second kappa shape index (κ2) is 8.97. The number of allylic oxidation sites excluding steroid dienone is 2. The Balaban J connectivity index is 1.85. The summed E-state index contributed by atoms with van der Waals surface area (Å²) in [5.74, 6) is -0.605. The van der Waals surface area contributed by atoms with Gasteiger partial charge in [-0.2, -0.15) is 5.10 Å². The first-order chi connectivity index (χ1) is 14.3. The number of hydrogen-bond acceptors (Lipinski definition) is 9. The van der Waals surface area contributed by atoms with Crippen molar-refractivity contribution in [3.8, 4) is 0 Å². The summed E-state index contributed by atoms with van der Waals surface area (Å²) in [6.45, 7) is 2.07. The number of aryl methyl sites for hydroxylation is 1. The standard InChI is InChI=1S/C18H20N8O2S2/c1-10-13(6-22-26(9-27)7-12-8-29-18(23-12)16(21)28)15-17(25(10)2)24-14(30-15)5-11(20)3-4-19/h3-4,6,8-9,19H,5,7,20H2,1-2H3,(H2,21,28)/b11-3?,19-4?,22-6-. The SMILES string of the molecule is Cc1c(/C=N\N(C=O)Cc2csc(C(N)=O)n2)c2sc(CC(N)=CC=N)nc2n1C. The summed E-state index contributed by atoms with van der Waals surface area (Å²) in [6.07, 6.45) is 5.34. The molecule has 0 aromatic carbocycles. The lowest BCUT2D eigenvalue weighted by Crippen LogP contribution is -2.16. The Morgan fingerprint density at radius 2 is 2.17 bits per heavy atom. The van der Waals surface area contributed by atoms with Crippen LogP contribution in [0.4, 0.5) is 0 Å². The van der Waals surface area contributed by atoms with Gasteiger partial charge in [0.15, 0.2) is 10.7 Å². The molecule has 0 unspecified atom stereocenters. The minimum atomic E-state index is -0.605. The van der Waals surface area contributed by atoms with Crippen molar-refractivity contribution in [2.45, 2.75) is 19.9 Å². The number of aromatic nitrogens is 3. The van der Waals surface area contributed by atoms with E-state index in [1.807, 2.05) is 18.5 Å². The van der Waals surface area contributed by atoms with Crippen LogP contribution in [-0.2, 0) is 24.8 Å². The molecular weight excluding hydrogens is 424 g/mol. The van der Waals surface area contributed by atoms with Crippen molar-refractivity contribution in [2.24, 2.45) is 23.6 Å². The van der Waals surface area contributed by atoms with Gasteiger partial charge in [-0.1, -0.05) is 0 Å². The molecule has 0 saturated heterocycles. The number of hydrazone groups is 1. The molecule has 0 saturated carbocycles. The maximum atomic E-state index is 11.5. The smallest absolute Gasteiger partial charge is 0.277 e. The normalized spacial score (nSPS) is 12.0. The third-order valence-electron chi connectivity index (χ3n) is 4.30. The zero-order chi connectivity index (χ0) is 21.8. The molecule has 0 aliphatic carbocycles. The van der Waals surface area contributed by atoms with Crippen molar-refractivity contribution in [2.75, 3.05) is 0 Å². The molecule has 3 rings (SSSR count). The number of nitrogens with one attached hydrogen (secondary N) is 1. The number of carbonyl (C=O) groups is 2. The van der Waals surface area contributed by atoms with E-state index in [-0.39, 0.29) is 11.6 Å². The fraction of sp³-hybridized carbons (Fsp3) is 0.222. The van der Waals surface area contributed by atoms with Gasteiger partial charge in [0.25, 0.3) is 5.91 Å². The van der Waals surface area contributed by atoms with Gasteiger partial charge < -0.3 is 21.4 Å². The van der Waals surface area contributed by atoms with Gasteiger partial charge in [0.1, 0.15) is 5.01 Å². The number of fused-ring (bicyclic) bond motifs is 1. The fourth-order valence-corrected chi connectivity index (χ4v) is 4.58. The van der Waals surface area contributed by atoms with Gasteiger partial charge in [-0.05, 0) is 13.0 Å². The van der Waals surface area contributed by atoms with Gasteiger partial charge >= 0.3 is 0 Å². The Bertz CT molecular complexity index is 1170. The van der Waals surface area contributed by atoms with Crippen molar-refractivity contribution >= 4 is 57.8 Å². The van der Waals surface area contributed by atoms with E-state index in [4.69, 9.17) is 16.9 Å². The second-order valence-corrected chi connectivity index (χ2v) is 8.30. The molecule has 5 N–H and O–H groups in total. The quantitative estimate of drug-likeness (QED) is 0.259. The molecule has 3 aromatic rings. The molecule has 0 aliphatic heterocycles. The number of nitrogens with two attached hydrogens (primary N) is 2. The second-order valence-electron chi connectivity index (χ2n) is 6.36. The van der Waals surface area contributed by atoms with Crippen LogP contribution in [-0.4, -0.2) is 44.3 Å². The van der Waals surface area contributed by atoms with Crippen LogP contribution in [0.25, 0.3) is 10.3 Å². The van der Waals surface area contributed by atoms with E-state index in [0.717, 1.165) is 44.2 Å². The molecule has 0 radical (unpaired) electrons. The van der Waals surface area contributed by atoms with Crippen LogP contribution in [0.2, 0.25) is 0 Å². The number of hydrogen-bond donors (Lipinski definition) is 3. The van der Waals surface area contributed by atoms with Crippen molar-refractivity contribution in [1.29, 1.82) is 5.41 Å². The molecule has 156 valence electrons. The van der Waals surface area contributed by atoms with Crippen LogP contribution in [0.5, 0.6) is 0 Å². The lowest BCUT2D eigenvalue weighted by atomic mass is 10.3. The van der Waals surface area contributed by atoms with Crippen LogP contribution >= 0.6 is 22.7 Å². The van der Waals surface area contributed by atoms with Crippen molar-refractivity contribution in [1.82, 2.24) is 19.5 Å². The molecule has 3 heterocycles. The molecule has 12 heteroatoms. The average Bonchev–Trinajstić information content (AvgIpc) is 3.38. The highest BCUT2D eigenvalue weighted by Crippen LogP contribution is 2.30. The van der Waals surface area contributed by atoms with Gasteiger partial charge in [0.05, 0.1) is 23.2 Å². The maximum absolute atomic E-state index is 11.5. The number of amides is 2. The Hall–Kier alpha value is -3.38. The van der Waals surface area contributed by atoms with Crippen LogP contribution in [0.1, 0.15) is 31.8 Å². The summed E-state index contributed by atoms with van der Waals surface area (Å²) in [4.78, 5) is 31.4. The highest BCUT2D eigenvalue weighted by Gasteiger charge is 2.17. The maximum Gasteiger partial charge on any atom is 0.277 e. The minimum Gasteiger partial charge on any atom is -0.402 e. The summed E-state index contributed by atoms with van der Waals surface area (Å²) in [5, 5.41) is 15.3. The monoisotopic (exact) mass is 444 g/mol. The van der Waals surface area contributed by atoms with Gasteiger partial charge in [0.2, 0.25) is 6.41 Å². The van der Waals surface area contributed by atoms with E-state index in [9.17, 15) is 9.59 Å². The molecule has 0 spiro atoms. The molecule has 0 atom stereocenters. The lowest BCUT2D eigenvalue weighted by molar-refractivity contribution is -0.118. The molecule has 3 aromatic heterocycles. The highest BCUT2D eigenvalue weighted by atomic mass is 32.1. The highest BCUT2D eigenvalue weighted by molar-refractivity contribution is 7.19. The number of carbonyl (C=O) groups excluding carboxylic acids is 2. The van der Waals surface area contributed by atoms with E-state index in [1.165, 1.54) is 22.4 Å². The van der Waals surface area contributed by atoms with Crippen molar-refractivity contribution in [3.63, 3.8) is 0 Å². The largest absolute Gasteiger partial charge is 0.402 e. The number of primary amides is 1. The van der Waals surface area contributed by atoms with Crippen LogP contribution in [0.3, 0.4) is 0 Å². The predicted molar refractivity (Wildman–Crippen MR) is 118 cm³/mol. The Kier molecular flexibility index (Phi) is 6.37. The molecule has 2 amide bonds. The predicted octanol–water partition coefficient (Wildman–Crippen LogP) is 1.53. The first-order valence-corrected chi connectivity index (χ1v) is 10.4. The topological polar surface area (TPSA) is 156 Å². The number of rotatable bonds is 9. The van der Waals surface area contributed by atoms with Gasteiger partial charge in [0, 0.05) is 42.0 Å².